The summed E-state index contributed by atoms with van der Waals surface area (Å²) >= 11 is 0. The van der Waals surface area contributed by atoms with Gasteiger partial charge in [0.1, 0.15) is 11.5 Å². The number of fused-ring (bicyclic) bond motifs is 3. The van der Waals surface area contributed by atoms with Crippen LogP contribution < -0.4 is 0 Å². The van der Waals surface area contributed by atoms with Gasteiger partial charge in [-0.2, -0.15) is 0 Å². The fraction of sp³-hybridized carbons (Fsp3) is 0.444. The van der Waals surface area contributed by atoms with Crippen molar-refractivity contribution < 1.29 is 4.42 Å². The predicted octanol–water partition coefficient (Wildman–Crippen LogP) is 2.11. The van der Waals surface area contributed by atoms with Gasteiger partial charge in [0.15, 0.2) is 5.89 Å². The third-order valence-corrected chi connectivity index (χ3v) is 2.47. The molecule has 1 aromatic heterocycles. The Labute approximate surface area is 64.9 Å². The molecule has 1 aromatic rings. The molecule has 2 atom stereocenters. The summed E-state index contributed by atoms with van der Waals surface area (Å²) in [5.74, 6) is 3.34. The van der Waals surface area contributed by atoms with E-state index >= 15 is 0 Å². The van der Waals surface area contributed by atoms with Crippen LogP contribution in [0.15, 0.2) is 10.5 Å². The average molecular weight is 147 g/mol. The molecule has 3 rings (SSSR count). The summed E-state index contributed by atoms with van der Waals surface area (Å²) in [6, 6.07) is 0. The highest BCUT2D eigenvalue weighted by atomic mass is 16.4. The zero-order valence-electron chi connectivity index (χ0n) is 6.37. The number of aryl methyl sites for hydroxylation is 1. The lowest BCUT2D eigenvalue weighted by molar-refractivity contribution is 0.472. The van der Waals surface area contributed by atoms with E-state index in [-0.39, 0.29) is 0 Å². The maximum absolute atomic E-state index is 5.50. The molecular formula is C9H9NO. The highest BCUT2D eigenvalue weighted by Gasteiger charge is 2.42. The quantitative estimate of drug-likeness (QED) is 0.561. The largest absolute Gasteiger partial charge is 0.445 e. The number of allylic oxidation sites excluding steroid dienone is 1. The van der Waals surface area contributed by atoms with E-state index in [9.17, 15) is 0 Å². The van der Waals surface area contributed by atoms with E-state index in [1.165, 1.54) is 6.42 Å². The van der Waals surface area contributed by atoms with Crippen LogP contribution in [-0.2, 0) is 0 Å². The third kappa shape index (κ3) is 0.642. The Morgan fingerprint density at radius 3 is 3.45 bits per heavy atom. The van der Waals surface area contributed by atoms with E-state index < -0.39 is 0 Å². The molecule has 56 valence electrons. The van der Waals surface area contributed by atoms with Gasteiger partial charge in [-0.1, -0.05) is 6.08 Å². The Morgan fingerprint density at radius 2 is 2.55 bits per heavy atom. The van der Waals surface area contributed by atoms with E-state index in [1.54, 1.807) is 0 Å². The molecule has 2 aliphatic carbocycles. The molecule has 2 heteroatoms. The highest BCUT2D eigenvalue weighted by molar-refractivity contribution is 5.54. The predicted molar refractivity (Wildman–Crippen MR) is 41.1 cm³/mol. The molecule has 0 spiro atoms. The zero-order chi connectivity index (χ0) is 7.42. The van der Waals surface area contributed by atoms with Gasteiger partial charge in [-0.3, -0.25) is 0 Å². The van der Waals surface area contributed by atoms with E-state index in [2.05, 4.69) is 17.1 Å². The van der Waals surface area contributed by atoms with E-state index in [0.29, 0.717) is 5.92 Å². The molecule has 2 aliphatic rings. The minimum absolute atomic E-state index is 0.663. The van der Waals surface area contributed by atoms with Crippen molar-refractivity contribution in [2.24, 2.45) is 5.92 Å². The van der Waals surface area contributed by atoms with Crippen molar-refractivity contribution in [2.45, 2.75) is 19.3 Å². The van der Waals surface area contributed by atoms with E-state index in [4.69, 9.17) is 4.42 Å². The van der Waals surface area contributed by atoms with Crippen molar-refractivity contribution in [3.8, 4) is 0 Å². The second-order valence-electron chi connectivity index (χ2n) is 3.35. The monoisotopic (exact) mass is 147 g/mol. The molecule has 0 N–H and O–H groups in total. The molecule has 0 bridgehead atoms. The molecule has 0 saturated heterocycles. The maximum Gasteiger partial charge on any atom is 0.191 e. The van der Waals surface area contributed by atoms with Gasteiger partial charge in [0.25, 0.3) is 0 Å². The lowest BCUT2D eigenvalue weighted by Crippen LogP contribution is -1.87. The molecule has 0 aromatic carbocycles. The normalized spacial score (nSPS) is 31.4. The first-order valence-electron chi connectivity index (χ1n) is 4.00. The third-order valence-electron chi connectivity index (χ3n) is 2.47. The van der Waals surface area contributed by atoms with Crippen LogP contribution >= 0.6 is 0 Å². The molecule has 0 amide bonds. The summed E-state index contributed by atoms with van der Waals surface area (Å²) in [6.07, 6.45) is 5.59. The molecule has 1 saturated carbocycles. The minimum Gasteiger partial charge on any atom is -0.445 e. The van der Waals surface area contributed by atoms with E-state index in [1.807, 2.05) is 6.92 Å². The Morgan fingerprint density at radius 1 is 1.64 bits per heavy atom. The van der Waals surface area contributed by atoms with Gasteiger partial charge in [-0.15, -0.1) is 0 Å². The summed E-state index contributed by atoms with van der Waals surface area (Å²) in [7, 11) is 0. The second kappa shape index (κ2) is 1.58. The van der Waals surface area contributed by atoms with Gasteiger partial charge >= 0.3 is 0 Å². The summed E-state index contributed by atoms with van der Waals surface area (Å²) in [4.78, 5) is 4.27. The number of nitrogens with zero attached hydrogens (tertiary/aromatic N) is 1. The van der Waals surface area contributed by atoms with Crippen LogP contribution in [0.5, 0.6) is 0 Å². The highest BCUT2D eigenvalue weighted by Crippen LogP contribution is 2.52. The summed E-state index contributed by atoms with van der Waals surface area (Å²) in [5, 5.41) is 0. The first-order chi connectivity index (χ1) is 5.34. The Balaban J connectivity index is 2.23. The Kier molecular flexibility index (Phi) is 0.799. The molecule has 0 radical (unpaired) electrons. The van der Waals surface area contributed by atoms with Crippen molar-refractivity contribution in [1.29, 1.82) is 0 Å². The molecule has 11 heavy (non-hydrogen) atoms. The number of oxazole rings is 1. The molecule has 1 fully saturated rings. The van der Waals surface area contributed by atoms with Gasteiger partial charge in [-0.05, 0) is 18.4 Å². The van der Waals surface area contributed by atoms with Gasteiger partial charge in [0.2, 0.25) is 0 Å². The number of aromatic nitrogens is 1. The summed E-state index contributed by atoms with van der Waals surface area (Å²) < 4.78 is 5.50. The summed E-state index contributed by atoms with van der Waals surface area (Å²) in [5.41, 5.74) is 1.06. The zero-order valence-corrected chi connectivity index (χ0v) is 6.37. The van der Waals surface area contributed by atoms with Crippen LogP contribution in [0.3, 0.4) is 0 Å². The SMILES string of the molecule is Cc1nc2c(o1)C1CC1C=C2. The smallest absolute Gasteiger partial charge is 0.191 e. The van der Waals surface area contributed by atoms with Crippen molar-refractivity contribution in [3.05, 3.63) is 23.4 Å². The molecule has 2 nitrogen and oxygen atoms in total. The lowest BCUT2D eigenvalue weighted by Gasteiger charge is -1.97. The standard InChI is InChI=1S/C9H9NO/c1-5-10-8-3-2-6-4-7(6)9(8)11-5/h2-3,6-7H,4H2,1H3. The van der Waals surface area contributed by atoms with Crippen LogP contribution in [0.25, 0.3) is 6.08 Å². The van der Waals surface area contributed by atoms with Crippen LogP contribution in [0.4, 0.5) is 0 Å². The Hall–Kier alpha value is -1.05. The number of hydrogen-bond acceptors (Lipinski definition) is 2. The van der Waals surface area contributed by atoms with Crippen molar-refractivity contribution >= 4 is 6.08 Å². The average Bonchev–Trinajstić information content (AvgIpc) is 2.67. The first-order valence-corrected chi connectivity index (χ1v) is 4.00. The fourth-order valence-corrected chi connectivity index (χ4v) is 1.79. The first kappa shape index (κ1) is 5.58. The van der Waals surface area contributed by atoms with Crippen LogP contribution in [0, 0.1) is 12.8 Å². The molecular weight excluding hydrogens is 138 g/mol. The van der Waals surface area contributed by atoms with Gasteiger partial charge in [-0.25, -0.2) is 4.98 Å². The molecule has 1 heterocycles. The van der Waals surface area contributed by atoms with Gasteiger partial charge in [0, 0.05) is 12.8 Å². The van der Waals surface area contributed by atoms with Crippen LogP contribution in [0.1, 0.15) is 29.7 Å². The van der Waals surface area contributed by atoms with Crippen LogP contribution in [-0.4, -0.2) is 4.98 Å². The second-order valence-corrected chi connectivity index (χ2v) is 3.35. The lowest BCUT2D eigenvalue weighted by atomic mass is 10.1. The summed E-state index contributed by atoms with van der Waals surface area (Å²) in [6.45, 7) is 1.91. The Bertz CT molecular complexity index is 337. The number of hydrogen-bond donors (Lipinski definition) is 0. The number of rotatable bonds is 0. The topological polar surface area (TPSA) is 26.0 Å². The van der Waals surface area contributed by atoms with E-state index in [0.717, 1.165) is 23.3 Å². The van der Waals surface area contributed by atoms with Crippen molar-refractivity contribution in [2.75, 3.05) is 0 Å². The van der Waals surface area contributed by atoms with Crippen LogP contribution in [0.2, 0.25) is 0 Å². The molecule has 2 unspecified atom stereocenters. The van der Waals surface area contributed by atoms with Crippen molar-refractivity contribution in [3.63, 3.8) is 0 Å². The maximum atomic E-state index is 5.50. The van der Waals surface area contributed by atoms with Gasteiger partial charge in [0.05, 0.1) is 0 Å². The van der Waals surface area contributed by atoms with Gasteiger partial charge < -0.3 is 4.42 Å². The minimum atomic E-state index is 0.663. The van der Waals surface area contributed by atoms with Crippen molar-refractivity contribution in [1.82, 2.24) is 4.98 Å². The fourth-order valence-electron chi connectivity index (χ4n) is 1.79. The molecule has 0 aliphatic heterocycles.